The molecule has 0 saturated carbocycles. The summed E-state index contributed by atoms with van der Waals surface area (Å²) in [6.07, 6.45) is 1.50. The SMILES string of the molecule is CCN(CC(=O)NC)c1ncnc(NC)c1C. The predicted octanol–water partition coefficient (Wildman–Crippen LogP) is 0.399. The first-order valence-corrected chi connectivity index (χ1v) is 5.58. The molecule has 1 aromatic heterocycles. The maximum atomic E-state index is 11.4. The molecule has 1 rings (SSSR count). The molecule has 0 aliphatic carbocycles. The zero-order chi connectivity index (χ0) is 12.8. The predicted molar refractivity (Wildman–Crippen MR) is 68.3 cm³/mol. The summed E-state index contributed by atoms with van der Waals surface area (Å²) >= 11 is 0. The number of carbonyl (C=O) groups excluding carboxylic acids is 1. The van der Waals surface area contributed by atoms with Gasteiger partial charge >= 0.3 is 0 Å². The van der Waals surface area contributed by atoms with Gasteiger partial charge in [0.25, 0.3) is 0 Å². The van der Waals surface area contributed by atoms with Gasteiger partial charge in [0.2, 0.25) is 5.91 Å². The van der Waals surface area contributed by atoms with Crippen LogP contribution in [-0.4, -0.2) is 43.1 Å². The molecule has 2 N–H and O–H groups in total. The van der Waals surface area contributed by atoms with E-state index in [9.17, 15) is 4.79 Å². The highest BCUT2D eigenvalue weighted by Gasteiger charge is 2.14. The molecule has 0 spiro atoms. The van der Waals surface area contributed by atoms with E-state index in [2.05, 4.69) is 20.6 Å². The van der Waals surface area contributed by atoms with E-state index < -0.39 is 0 Å². The highest BCUT2D eigenvalue weighted by atomic mass is 16.1. The van der Waals surface area contributed by atoms with Crippen molar-refractivity contribution in [2.75, 3.05) is 37.4 Å². The molecule has 0 aliphatic heterocycles. The zero-order valence-corrected chi connectivity index (χ0v) is 10.7. The lowest BCUT2D eigenvalue weighted by Gasteiger charge is -2.23. The first-order chi connectivity index (χ1) is 8.13. The smallest absolute Gasteiger partial charge is 0.239 e. The Morgan fingerprint density at radius 3 is 2.65 bits per heavy atom. The number of anilines is 2. The summed E-state index contributed by atoms with van der Waals surface area (Å²) < 4.78 is 0. The molecule has 0 unspecified atom stereocenters. The number of carbonyl (C=O) groups is 1. The lowest BCUT2D eigenvalue weighted by molar-refractivity contribution is -0.119. The molecule has 17 heavy (non-hydrogen) atoms. The molecule has 0 radical (unpaired) electrons. The number of aromatic nitrogens is 2. The first kappa shape index (κ1) is 13.2. The summed E-state index contributed by atoms with van der Waals surface area (Å²) in [6.45, 7) is 4.94. The van der Waals surface area contributed by atoms with Gasteiger partial charge < -0.3 is 15.5 Å². The van der Waals surface area contributed by atoms with Gasteiger partial charge in [-0.1, -0.05) is 0 Å². The summed E-state index contributed by atoms with van der Waals surface area (Å²) in [5.41, 5.74) is 0.945. The highest BCUT2D eigenvalue weighted by Crippen LogP contribution is 2.21. The van der Waals surface area contributed by atoms with Crippen LogP contribution < -0.4 is 15.5 Å². The second-order valence-electron chi connectivity index (χ2n) is 3.61. The summed E-state index contributed by atoms with van der Waals surface area (Å²) in [4.78, 5) is 21.7. The van der Waals surface area contributed by atoms with E-state index in [1.807, 2.05) is 25.8 Å². The van der Waals surface area contributed by atoms with Crippen LogP contribution in [0.25, 0.3) is 0 Å². The van der Waals surface area contributed by atoms with Crippen molar-refractivity contribution in [1.29, 1.82) is 0 Å². The molecule has 0 saturated heterocycles. The van der Waals surface area contributed by atoms with Crippen molar-refractivity contribution < 1.29 is 4.79 Å². The van der Waals surface area contributed by atoms with Crippen molar-refractivity contribution >= 4 is 17.5 Å². The summed E-state index contributed by atoms with van der Waals surface area (Å²) in [5, 5.41) is 5.61. The zero-order valence-electron chi connectivity index (χ0n) is 10.7. The molecule has 94 valence electrons. The second-order valence-corrected chi connectivity index (χ2v) is 3.61. The molecule has 1 amide bonds. The number of hydrogen-bond acceptors (Lipinski definition) is 5. The molecule has 0 bridgehead atoms. The van der Waals surface area contributed by atoms with Gasteiger partial charge in [0, 0.05) is 26.2 Å². The number of rotatable bonds is 5. The van der Waals surface area contributed by atoms with Crippen molar-refractivity contribution in [2.45, 2.75) is 13.8 Å². The van der Waals surface area contributed by atoms with Crippen molar-refractivity contribution in [3.8, 4) is 0 Å². The van der Waals surface area contributed by atoms with Crippen molar-refractivity contribution in [3.63, 3.8) is 0 Å². The maximum absolute atomic E-state index is 11.4. The fourth-order valence-electron chi connectivity index (χ4n) is 1.60. The van der Waals surface area contributed by atoms with Gasteiger partial charge in [-0.15, -0.1) is 0 Å². The van der Waals surface area contributed by atoms with Gasteiger partial charge in [0.15, 0.2) is 0 Å². The molecular formula is C11H19N5O. The Kier molecular flexibility index (Phi) is 4.68. The summed E-state index contributed by atoms with van der Waals surface area (Å²) in [7, 11) is 3.44. The molecule has 1 aromatic rings. The Morgan fingerprint density at radius 1 is 1.41 bits per heavy atom. The van der Waals surface area contributed by atoms with Crippen molar-refractivity contribution in [1.82, 2.24) is 15.3 Å². The van der Waals surface area contributed by atoms with E-state index in [1.54, 1.807) is 7.05 Å². The third-order valence-electron chi connectivity index (χ3n) is 2.59. The van der Waals surface area contributed by atoms with Gasteiger partial charge in [-0.3, -0.25) is 4.79 Å². The summed E-state index contributed by atoms with van der Waals surface area (Å²) in [6, 6.07) is 0. The van der Waals surface area contributed by atoms with Gasteiger partial charge in [0.05, 0.1) is 6.54 Å². The van der Waals surface area contributed by atoms with Crippen LogP contribution in [0.3, 0.4) is 0 Å². The fraction of sp³-hybridized carbons (Fsp3) is 0.545. The van der Waals surface area contributed by atoms with Gasteiger partial charge in [-0.25, -0.2) is 9.97 Å². The Bertz CT molecular complexity index is 393. The number of hydrogen-bond donors (Lipinski definition) is 2. The standard InChI is InChI=1S/C11H19N5O/c1-5-16(6-9(17)12-3)11-8(2)10(13-4)14-7-15-11/h7H,5-6H2,1-4H3,(H,12,17)(H,13,14,15). The molecule has 1 heterocycles. The third-order valence-corrected chi connectivity index (χ3v) is 2.59. The molecule has 0 atom stereocenters. The van der Waals surface area contributed by atoms with Crippen molar-refractivity contribution in [2.24, 2.45) is 0 Å². The molecule has 0 aliphatic rings. The minimum Gasteiger partial charge on any atom is -0.373 e. The molecule has 6 nitrogen and oxygen atoms in total. The quantitative estimate of drug-likeness (QED) is 0.775. The van der Waals surface area contributed by atoms with E-state index in [0.717, 1.165) is 17.2 Å². The number of nitrogens with one attached hydrogen (secondary N) is 2. The van der Waals surface area contributed by atoms with Crippen LogP contribution in [0, 0.1) is 6.92 Å². The van der Waals surface area contributed by atoms with E-state index in [0.29, 0.717) is 13.1 Å². The minimum atomic E-state index is -0.0316. The Morgan fingerprint density at radius 2 is 2.12 bits per heavy atom. The lowest BCUT2D eigenvalue weighted by atomic mass is 10.3. The molecule has 0 aromatic carbocycles. The number of likely N-dealkylation sites (N-methyl/N-ethyl adjacent to an activating group) is 2. The highest BCUT2D eigenvalue weighted by molar-refractivity contribution is 5.81. The van der Waals surface area contributed by atoms with Crippen molar-refractivity contribution in [3.05, 3.63) is 11.9 Å². The average molecular weight is 237 g/mol. The van der Waals surface area contributed by atoms with Crippen LogP contribution >= 0.6 is 0 Å². The normalized spacial score (nSPS) is 9.88. The Labute approximate surface area is 101 Å². The summed E-state index contributed by atoms with van der Waals surface area (Å²) in [5.74, 6) is 1.54. The fourth-order valence-corrected chi connectivity index (χ4v) is 1.60. The van der Waals surface area contributed by atoms with Crippen LogP contribution in [0.1, 0.15) is 12.5 Å². The van der Waals surface area contributed by atoms with Crippen LogP contribution in [0.5, 0.6) is 0 Å². The van der Waals surface area contributed by atoms with Crippen LogP contribution in [-0.2, 0) is 4.79 Å². The number of nitrogens with zero attached hydrogens (tertiary/aromatic N) is 3. The first-order valence-electron chi connectivity index (χ1n) is 5.58. The van der Waals surface area contributed by atoms with Crippen LogP contribution in [0.15, 0.2) is 6.33 Å². The van der Waals surface area contributed by atoms with Gasteiger partial charge in [0.1, 0.15) is 18.0 Å². The molecular weight excluding hydrogens is 218 g/mol. The Balaban J connectivity index is 2.99. The second kappa shape index (κ2) is 6.03. The van der Waals surface area contributed by atoms with E-state index in [4.69, 9.17) is 0 Å². The van der Waals surface area contributed by atoms with Gasteiger partial charge in [-0.2, -0.15) is 0 Å². The topological polar surface area (TPSA) is 70.2 Å². The van der Waals surface area contributed by atoms with E-state index >= 15 is 0 Å². The Hall–Kier alpha value is -1.85. The van der Waals surface area contributed by atoms with Crippen LogP contribution in [0.2, 0.25) is 0 Å². The van der Waals surface area contributed by atoms with E-state index in [1.165, 1.54) is 6.33 Å². The van der Waals surface area contributed by atoms with E-state index in [-0.39, 0.29) is 5.91 Å². The van der Waals surface area contributed by atoms with Crippen LogP contribution in [0.4, 0.5) is 11.6 Å². The molecule has 0 fully saturated rings. The number of amides is 1. The minimum absolute atomic E-state index is 0.0316. The average Bonchev–Trinajstić information content (AvgIpc) is 2.36. The third kappa shape index (κ3) is 3.05. The monoisotopic (exact) mass is 237 g/mol. The largest absolute Gasteiger partial charge is 0.373 e. The maximum Gasteiger partial charge on any atom is 0.239 e. The molecule has 6 heteroatoms. The van der Waals surface area contributed by atoms with Gasteiger partial charge in [-0.05, 0) is 13.8 Å². The lowest BCUT2D eigenvalue weighted by Crippen LogP contribution is -2.36.